The van der Waals surface area contributed by atoms with Crippen LogP contribution in [0.5, 0.6) is 11.5 Å². The molecule has 4 heterocycles. The molecule has 0 radical (unpaired) electrons. The highest BCUT2D eigenvalue weighted by Gasteiger charge is 2.23. The number of hydrogen-bond donors (Lipinski definition) is 1. The second-order valence-electron chi connectivity index (χ2n) is 7.76. The number of nitrogens with one attached hydrogen (secondary N) is 1. The van der Waals surface area contributed by atoms with E-state index in [1.807, 2.05) is 53.2 Å². The van der Waals surface area contributed by atoms with Crippen LogP contribution in [0.1, 0.15) is 5.69 Å². The highest BCUT2D eigenvalue weighted by molar-refractivity contribution is 8.00. The minimum Gasteiger partial charge on any atom is -0.494 e. The molecule has 5 rings (SSSR count). The van der Waals surface area contributed by atoms with Crippen LogP contribution in [0, 0.1) is 0 Å². The highest BCUT2D eigenvalue weighted by Crippen LogP contribution is 2.38. The minimum atomic E-state index is 0.496. The number of halogens is 1. The zero-order valence-electron chi connectivity index (χ0n) is 20.1. The largest absolute Gasteiger partial charge is 0.494 e. The van der Waals surface area contributed by atoms with E-state index in [4.69, 9.17) is 25.5 Å². The Morgan fingerprint density at radius 3 is 2.57 bits per heavy atom. The van der Waals surface area contributed by atoms with E-state index in [1.54, 1.807) is 38.9 Å². The second-order valence-corrected chi connectivity index (χ2v) is 9.10. The van der Waals surface area contributed by atoms with Crippen molar-refractivity contribution < 1.29 is 13.9 Å². The first-order valence-electron chi connectivity index (χ1n) is 11.3. The number of furan rings is 1. The van der Waals surface area contributed by atoms with Gasteiger partial charge in [-0.2, -0.15) is 0 Å². The number of aryl methyl sites for hydroxylation is 1. The first kappa shape index (κ1) is 24.7. The molecule has 1 aromatic carbocycles. The molecule has 0 atom stereocenters. The third-order valence-corrected chi connectivity index (χ3v) is 6.49. The lowest BCUT2D eigenvalue weighted by atomic mass is 10.0. The molecule has 0 saturated heterocycles. The fourth-order valence-electron chi connectivity index (χ4n) is 3.88. The molecular formula is C26H23ClN6O3S. The highest BCUT2D eigenvalue weighted by atomic mass is 35.5. The molecule has 4 aromatic heterocycles. The predicted octanol–water partition coefficient (Wildman–Crippen LogP) is 5.96. The van der Waals surface area contributed by atoms with Crippen LogP contribution in [0.25, 0.3) is 28.4 Å². The lowest BCUT2D eigenvalue weighted by molar-refractivity contribution is 0.391. The number of benzene rings is 1. The van der Waals surface area contributed by atoms with Crippen LogP contribution in [0.2, 0.25) is 5.02 Å². The van der Waals surface area contributed by atoms with Crippen molar-refractivity contribution in [2.24, 2.45) is 0 Å². The van der Waals surface area contributed by atoms with Gasteiger partial charge >= 0.3 is 0 Å². The van der Waals surface area contributed by atoms with Gasteiger partial charge in [0.15, 0.2) is 5.76 Å². The van der Waals surface area contributed by atoms with Gasteiger partial charge in [0.25, 0.3) is 0 Å². The van der Waals surface area contributed by atoms with Gasteiger partial charge in [-0.3, -0.25) is 19.3 Å². The van der Waals surface area contributed by atoms with Crippen molar-refractivity contribution in [1.29, 1.82) is 0 Å². The molecule has 0 aliphatic rings. The molecule has 0 fully saturated rings. The summed E-state index contributed by atoms with van der Waals surface area (Å²) in [5.74, 6) is 3.47. The summed E-state index contributed by atoms with van der Waals surface area (Å²) in [6, 6.07) is 15.0. The molecule has 0 aliphatic heterocycles. The van der Waals surface area contributed by atoms with E-state index in [0.29, 0.717) is 51.9 Å². The molecule has 11 heteroatoms. The Balaban J connectivity index is 1.41. The summed E-state index contributed by atoms with van der Waals surface area (Å²) in [7, 11) is 3.21. The maximum absolute atomic E-state index is 6.23. The molecule has 0 amide bonds. The smallest absolute Gasteiger partial charge is 0.239 e. The van der Waals surface area contributed by atoms with E-state index in [9.17, 15) is 0 Å². The third kappa shape index (κ3) is 5.25. The Morgan fingerprint density at radius 2 is 1.86 bits per heavy atom. The average Bonchev–Trinajstić information content (AvgIpc) is 3.62. The number of para-hydroxylation sites is 1. The summed E-state index contributed by atoms with van der Waals surface area (Å²) in [5, 5.41) is 9.35. The molecule has 0 spiro atoms. The van der Waals surface area contributed by atoms with Crippen molar-refractivity contribution in [3.05, 3.63) is 84.1 Å². The van der Waals surface area contributed by atoms with E-state index in [-0.39, 0.29) is 0 Å². The van der Waals surface area contributed by atoms with Gasteiger partial charge in [-0.25, -0.2) is 0 Å². The van der Waals surface area contributed by atoms with Gasteiger partial charge < -0.3 is 13.9 Å². The number of rotatable bonds is 10. The summed E-state index contributed by atoms with van der Waals surface area (Å²) in [5.41, 5.74) is 3.51. The predicted molar refractivity (Wildman–Crippen MR) is 144 cm³/mol. The molecular weight excluding hydrogens is 512 g/mol. The number of aromatic nitrogens is 5. The van der Waals surface area contributed by atoms with Crippen LogP contribution in [0.15, 0.2) is 77.8 Å². The van der Waals surface area contributed by atoms with Crippen LogP contribution in [0.3, 0.4) is 0 Å². The zero-order chi connectivity index (χ0) is 25.6. The number of pyridine rings is 2. The fourth-order valence-corrected chi connectivity index (χ4v) is 4.70. The topological polar surface area (TPSA) is 100 Å². The Hall–Kier alpha value is -4.02. The van der Waals surface area contributed by atoms with Gasteiger partial charge in [-0.1, -0.05) is 23.7 Å². The summed E-state index contributed by atoms with van der Waals surface area (Å²) < 4.78 is 22.1. The first-order valence-corrected chi connectivity index (χ1v) is 12.7. The van der Waals surface area contributed by atoms with E-state index in [0.717, 1.165) is 16.8 Å². The molecule has 9 nitrogen and oxygen atoms in total. The molecule has 188 valence electrons. The van der Waals surface area contributed by atoms with Gasteiger partial charge in [-0.05, 0) is 48.3 Å². The Morgan fingerprint density at radius 1 is 1.03 bits per heavy atom. The molecule has 5 aromatic rings. The van der Waals surface area contributed by atoms with Crippen molar-refractivity contribution in [2.45, 2.75) is 6.42 Å². The van der Waals surface area contributed by atoms with E-state index in [1.165, 1.54) is 11.9 Å². The van der Waals surface area contributed by atoms with Crippen molar-refractivity contribution >= 4 is 29.5 Å². The SMILES string of the molecule is COc1cccc(OC)c1-n1c(NSCCc2ncc(Cl)cc2-c2cccnc2)nnc1-c1ccco1. The Kier molecular flexibility index (Phi) is 7.57. The summed E-state index contributed by atoms with van der Waals surface area (Å²) in [4.78, 5) is 8.79. The summed E-state index contributed by atoms with van der Waals surface area (Å²) in [6.45, 7) is 0. The average molecular weight is 535 g/mol. The van der Waals surface area contributed by atoms with Crippen LogP contribution in [-0.4, -0.2) is 44.7 Å². The van der Waals surface area contributed by atoms with Crippen LogP contribution in [-0.2, 0) is 6.42 Å². The van der Waals surface area contributed by atoms with Crippen molar-refractivity contribution in [2.75, 3.05) is 24.7 Å². The van der Waals surface area contributed by atoms with E-state index >= 15 is 0 Å². The monoisotopic (exact) mass is 534 g/mol. The summed E-state index contributed by atoms with van der Waals surface area (Å²) in [6.07, 6.45) is 7.49. The molecule has 37 heavy (non-hydrogen) atoms. The number of ether oxygens (including phenoxy) is 2. The van der Waals surface area contributed by atoms with E-state index < -0.39 is 0 Å². The van der Waals surface area contributed by atoms with Gasteiger partial charge in [0.2, 0.25) is 11.8 Å². The quantitative estimate of drug-likeness (QED) is 0.172. The standard InChI is InChI=1S/C26H23ClN6O3S/c1-34-21-7-3-8-22(35-2)24(21)33-25(23-9-5-12-36-23)30-31-26(33)32-37-13-10-20-19(14-18(27)16-29-20)17-6-4-11-28-15-17/h3-9,11-12,14-16H,10,13H2,1-2H3,(H,31,32). The Bertz CT molecular complexity index is 1460. The maximum atomic E-state index is 6.23. The number of hydrogen-bond acceptors (Lipinski definition) is 9. The molecule has 0 saturated carbocycles. The third-order valence-electron chi connectivity index (χ3n) is 5.54. The maximum Gasteiger partial charge on any atom is 0.239 e. The van der Waals surface area contributed by atoms with Crippen molar-refractivity contribution in [1.82, 2.24) is 24.7 Å². The normalized spacial score (nSPS) is 10.9. The second kappa shape index (κ2) is 11.4. The number of anilines is 1. The lowest BCUT2D eigenvalue weighted by Crippen LogP contribution is -2.07. The molecule has 0 bridgehead atoms. The molecule has 0 unspecified atom stereocenters. The number of nitrogens with zero attached hydrogens (tertiary/aromatic N) is 5. The molecule has 0 aliphatic carbocycles. The fraction of sp³-hybridized carbons (Fsp3) is 0.154. The van der Waals surface area contributed by atoms with Gasteiger partial charge in [0, 0.05) is 47.6 Å². The van der Waals surface area contributed by atoms with Crippen molar-refractivity contribution in [3.63, 3.8) is 0 Å². The van der Waals surface area contributed by atoms with Crippen molar-refractivity contribution in [3.8, 4) is 39.9 Å². The van der Waals surface area contributed by atoms with Gasteiger partial charge in [0.05, 0.1) is 25.5 Å². The van der Waals surface area contributed by atoms with Crippen LogP contribution >= 0.6 is 23.5 Å². The first-order chi connectivity index (χ1) is 18.2. The van der Waals surface area contributed by atoms with Crippen LogP contribution in [0.4, 0.5) is 5.95 Å². The lowest BCUT2D eigenvalue weighted by Gasteiger charge is -2.17. The van der Waals surface area contributed by atoms with E-state index in [2.05, 4.69) is 24.9 Å². The number of methoxy groups -OCH3 is 2. The van der Waals surface area contributed by atoms with Crippen LogP contribution < -0.4 is 14.2 Å². The van der Waals surface area contributed by atoms with Gasteiger partial charge in [0.1, 0.15) is 17.2 Å². The van der Waals surface area contributed by atoms with Gasteiger partial charge in [-0.15, -0.1) is 10.2 Å². The molecule has 1 N–H and O–H groups in total. The zero-order valence-corrected chi connectivity index (χ0v) is 21.7. The Labute approximate surface area is 223 Å². The minimum absolute atomic E-state index is 0.496. The summed E-state index contributed by atoms with van der Waals surface area (Å²) >= 11 is 7.71.